The highest BCUT2D eigenvalue weighted by atomic mass is 16.6. The van der Waals surface area contributed by atoms with Crippen LogP contribution in [-0.4, -0.2) is 51.2 Å². The van der Waals surface area contributed by atoms with Gasteiger partial charge in [-0.2, -0.15) is 0 Å². The summed E-state index contributed by atoms with van der Waals surface area (Å²) >= 11 is 0. The summed E-state index contributed by atoms with van der Waals surface area (Å²) in [5, 5.41) is 10.7. The summed E-state index contributed by atoms with van der Waals surface area (Å²) in [5.74, 6) is 0.105. The van der Waals surface area contributed by atoms with Crippen molar-refractivity contribution in [2.75, 3.05) is 0 Å². The summed E-state index contributed by atoms with van der Waals surface area (Å²) in [5.41, 5.74) is 3.79. The van der Waals surface area contributed by atoms with Crippen molar-refractivity contribution < 1.29 is 24.2 Å². The summed E-state index contributed by atoms with van der Waals surface area (Å²) < 4.78 is 10.9. The maximum Gasteiger partial charge on any atom is 0.420 e. The van der Waals surface area contributed by atoms with Crippen LogP contribution < -0.4 is 5.46 Å². The van der Waals surface area contributed by atoms with Gasteiger partial charge in [-0.1, -0.05) is 60.7 Å². The van der Waals surface area contributed by atoms with Crippen LogP contribution in [-0.2, 0) is 16.0 Å². The van der Waals surface area contributed by atoms with Crippen molar-refractivity contribution in [3.05, 3.63) is 72.3 Å². The summed E-state index contributed by atoms with van der Waals surface area (Å²) in [6.45, 7) is 10.4. The molecule has 206 valence electrons. The molecule has 0 aliphatic heterocycles. The van der Waals surface area contributed by atoms with Gasteiger partial charge < -0.3 is 14.6 Å². The van der Waals surface area contributed by atoms with E-state index in [1.807, 2.05) is 74.6 Å². The molecule has 0 saturated heterocycles. The number of hydrogen-bond donors (Lipinski definition) is 1. The Balaban J connectivity index is 1.72. The van der Waals surface area contributed by atoms with E-state index in [2.05, 4.69) is 0 Å². The number of ether oxygens (including phenoxy) is 2. The molecule has 0 bridgehead atoms. The second-order valence-corrected chi connectivity index (χ2v) is 11.6. The average molecular weight is 539 g/mol. The van der Waals surface area contributed by atoms with Crippen LogP contribution in [0.5, 0.6) is 5.75 Å². The van der Waals surface area contributed by atoms with Crippen molar-refractivity contribution in [3.8, 4) is 28.3 Å². The van der Waals surface area contributed by atoms with Crippen LogP contribution in [0.15, 0.2) is 66.7 Å². The maximum atomic E-state index is 12.9. The SMILES string of the molecule is Bc1ccc2nc(-c3ccc(CN(C(=O)OC(C)(C)C)C(=O)OC(C)(C)C)cc3)c(-c3ccccc3)nc2c1O. The van der Waals surface area contributed by atoms with Gasteiger partial charge in [0, 0.05) is 11.1 Å². The lowest BCUT2D eigenvalue weighted by Gasteiger charge is -2.28. The molecule has 9 heteroatoms. The second kappa shape index (κ2) is 11.0. The first-order valence-electron chi connectivity index (χ1n) is 13.1. The molecular weight excluding hydrogens is 505 g/mol. The number of aromatic hydroxyl groups is 1. The molecule has 3 aromatic carbocycles. The van der Waals surface area contributed by atoms with Gasteiger partial charge in [0.1, 0.15) is 30.3 Å². The third kappa shape index (κ3) is 6.78. The van der Waals surface area contributed by atoms with Crippen molar-refractivity contribution in [3.63, 3.8) is 0 Å². The van der Waals surface area contributed by atoms with Gasteiger partial charge in [0.2, 0.25) is 0 Å². The number of phenolic OH excluding ortho intramolecular Hbond substituents is 1. The van der Waals surface area contributed by atoms with Gasteiger partial charge in [-0.15, -0.1) is 0 Å². The minimum Gasteiger partial charge on any atom is -0.506 e. The lowest BCUT2D eigenvalue weighted by atomic mass is 9.94. The zero-order chi connectivity index (χ0) is 29.2. The summed E-state index contributed by atoms with van der Waals surface area (Å²) in [6, 6.07) is 20.7. The number of carbonyl (C=O) groups excluding carboxylic acids is 2. The summed E-state index contributed by atoms with van der Waals surface area (Å²) in [4.78, 5) is 36.5. The van der Waals surface area contributed by atoms with E-state index in [-0.39, 0.29) is 12.3 Å². The van der Waals surface area contributed by atoms with E-state index in [4.69, 9.17) is 19.4 Å². The van der Waals surface area contributed by atoms with Gasteiger partial charge >= 0.3 is 12.2 Å². The third-order valence-electron chi connectivity index (χ3n) is 5.85. The van der Waals surface area contributed by atoms with E-state index in [9.17, 15) is 14.7 Å². The predicted molar refractivity (Wildman–Crippen MR) is 158 cm³/mol. The smallest absolute Gasteiger partial charge is 0.420 e. The van der Waals surface area contributed by atoms with Gasteiger partial charge in [0.15, 0.2) is 0 Å². The Morgan fingerprint density at radius 1 is 0.775 bits per heavy atom. The minimum atomic E-state index is -0.785. The largest absolute Gasteiger partial charge is 0.506 e. The molecule has 0 fully saturated rings. The highest BCUT2D eigenvalue weighted by Crippen LogP contribution is 2.33. The number of nitrogens with zero attached hydrogens (tertiary/aromatic N) is 3. The van der Waals surface area contributed by atoms with Crippen molar-refractivity contribution in [1.29, 1.82) is 0 Å². The van der Waals surface area contributed by atoms with Crippen LogP contribution in [0.1, 0.15) is 47.1 Å². The first-order chi connectivity index (χ1) is 18.7. The Labute approximate surface area is 235 Å². The molecule has 0 atom stereocenters. The number of benzene rings is 3. The third-order valence-corrected chi connectivity index (χ3v) is 5.85. The highest BCUT2D eigenvalue weighted by molar-refractivity contribution is 6.35. The van der Waals surface area contributed by atoms with Crippen molar-refractivity contribution >= 4 is 36.5 Å². The fraction of sp³-hybridized carbons (Fsp3) is 0.290. The monoisotopic (exact) mass is 539 g/mol. The normalized spacial score (nSPS) is 11.8. The second-order valence-electron chi connectivity index (χ2n) is 11.6. The molecule has 1 heterocycles. The van der Waals surface area contributed by atoms with E-state index < -0.39 is 23.4 Å². The van der Waals surface area contributed by atoms with Gasteiger partial charge in [0.25, 0.3) is 0 Å². The van der Waals surface area contributed by atoms with Crippen molar-refractivity contribution in [1.82, 2.24) is 14.9 Å². The van der Waals surface area contributed by atoms with Crippen LogP contribution in [0.4, 0.5) is 9.59 Å². The van der Waals surface area contributed by atoms with Crippen LogP contribution in [0.2, 0.25) is 0 Å². The Morgan fingerprint density at radius 3 is 1.85 bits per heavy atom. The maximum absolute atomic E-state index is 12.9. The van der Waals surface area contributed by atoms with E-state index in [0.29, 0.717) is 28.0 Å². The van der Waals surface area contributed by atoms with E-state index in [0.717, 1.165) is 21.5 Å². The molecule has 0 aliphatic rings. The molecule has 0 aliphatic carbocycles. The van der Waals surface area contributed by atoms with Crippen molar-refractivity contribution in [2.24, 2.45) is 0 Å². The Kier molecular flexibility index (Phi) is 7.87. The van der Waals surface area contributed by atoms with Crippen molar-refractivity contribution in [2.45, 2.75) is 59.3 Å². The molecule has 4 rings (SSSR count). The number of fused-ring (bicyclic) bond motifs is 1. The molecule has 0 unspecified atom stereocenters. The topological polar surface area (TPSA) is 102 Å². The van der Waals surface area contributed by atoms with Crippen LogP contribution >= 0.6 is 0 Å². The van der Waals surface area contributed by atoms with E-state index in [1.54, 1.807) is 41.5 Å². The molecule has 4 aromatic rings. The van der Waals surface area contributed by atoms with Crippen LogP contribution in [0.25, 0.3) is 33.5 Å². The van der Waals surface area contributed by atoms with Crippen LogP contribution in [0.3, 0.4) is 0 Å². The first-order valence-corrected chi connectivity index (χ1v) is 13.1. The molecule has 0 saturated carbocycles. The molecule has 8 nitrogen and oxygen atoms in total. The molecule has 0 radical (unpaired) electrons. The molecular formula is C31H34BN3O5. The molecule has 0 spiro atoms. The first kappa shape index (κ1) is 28.6. The van der Waals surface area contributed by atoms with Gasteiger partial charge in [-0.3, -0.25) is 0 Å². The summed E-state index contributed by atoms with van der Waals surface area (Å²) in [7, 11) is 1.82. The standard InChI is InChI=1S/C31H34BN3O5/c1-30(2,3)39-28(37)35(29(38)40-31(4,5)6)18-19-12-14-21(15-13-19)24-25(20-10-8-7-9-11-20)34-26-23(33-24)17-16-22(32)27(26)36/h7-17,36H,18,32H2,1-6H3. The Bertz CT molecular complexity index is 1510. The van der Waals surface area contributed by atoms with E-state index in [1.165, 1.54) is 0 Å². The Morgan fingerprint density at radius 2 is 1.30 bits per heavy atom. The molecule has 40 heavy (non-hydrogen) atoms. The average Bonchev–Trinajstić information content (AvgIpc) is 2.87. The fourth-order valence-electron chi connectivity index (χ4n) is 4.00. The zero-order valence-corrected chi connectivity index (χ0v) is 24.0. The van der Waals surface area contributed by atoms with Crippen LogP contribution in [0, 0.1) is 0 Å². The molecule has 1 N–H and O–H groups in total. The number of rotatable bonds is 4. The van der Waals surface area contributed by atoms with Gasteiger partial charge in [0.05, 0.1) is 23.4 Å². The predicted octanol–water partition coefficient (Wildman–Crippen LogP) is 5.60. The minimum absolute atomic E-state index is 0.0355. The van der Waals surface area contributed by atoms with Gasteiger partial charge in [-0.25, -0.2) is 24.5 Å². The Hall–Kier alpha value is -4.40. The molecule has 1 aromatic heterocycles. The number of phenols is 1. The number of imide groups is 1. The number of aromatic nitrogens is 2. The number of carbonyl (C=O) groups is 2. The fourth-order valence-corrected chi connectivity index (χ4v) is 4.00. The number of amides is 2. The lowest BCUT2D eigenvalue weighted by Crippen LogP contribution is -2.43. The zero-order valence-electron chi connectivity index (χ0n) is 24.0. The summed E-state index contributed by atoms with van der Waals surface area (Å²) in [6.07, 6.45) is -1.57. The highest BCUT2D eigenvalue weighted by Gasteiger charge is 2.31. The lowest BCUT2D eigenvalue weighted by molar-refractivity contribution is -0.000251. The number of hydrogen-bond acceptors (Lipinski definition) is 7. The van der Waals surface area contributed by atoms with Gasteiger partial charge in [-0.05, 0) is 58.6 Å². The van der Waals surface area contributed by atoms with E-state index >= 15 is 0 Å². The quantitative estimate of drug-likeness (QED) is 0.337. The molecule has 2 amide bonds.